The van der Waals surface area contributed by atoms with Gasteiger partial charge in [-0.3, -0.25) is 0 Å². The molecule has 0 radical (unpaired) electrons. The molecule has 1 saturated heterocycles. The van der Waals surface area contributed by atoms with Crippen LogP contribution in [0.4, 0.5) is 5.69 Å². The molecule has 1 aliphatic rings. The van der Waals surface area contributed by atoms with Crippen LogP contribution in [0.15, 0.2) is 18.2 Å². The average Bonchev–Trinajstić information content (AvgIpc) is 2.71. The van der Waals surface area contributed by atoms with E-state index in [4.69, 9.17) is 22.1 Å². The third-order valence-corrected chi connectivity index (χ3v) is 5.86. The summed E-state index contributed by atoms with van der Waals surface area (Å²) in [6, 6.07) is 5.01. The van der Waals surface area contributed by atoms with Crippen LogP contribution in [0.5, 0.6) is 0 Å². The Bertz CT molecular complexity index is 524. The van der Waals surface area contributed by atoms with Crippen LogP contribution in [0.2, 0.25) is 5.02 Å². The molecule has 0 amide bonds. The van der Waals surface area contributed by atoms with Crippen molar-refractivity contribution in [2.45, 2.75) is 30.5 Å². The van der Waals surface area contributed by atoms with E-state index in [2.05, 4.69) is 0 Å². The molecule has 100 valence electrons. The number of nitrogen functional groups attached to an aromatic ring is 1. The molecular weight excluding hydrogens is 274 g/mol. The lowest BCUT2D eigenvalue weighted by Crippen LogP contribution is -2.29. The van der Waals surface area contributed by atoms with Gasteiger partial charge >= 0.3 is 0 Å². The van der Waals surface area contributed by atoms with Gasteiger partial charge in [0.05, 0.1) is 17.1 Å². The summed E-state index contributed by atoms with van der Waals surface area (Å²) < 4.78 is 30.0. The Balaban J connectivity index is 2.28. The van der Waals surface area contributed by atoms with Crippen molar-refractivity contribution in [3.8, 4) is 0 Å². The fraction of sp³-hybridized carbons (Fsp3) is 0.500. The molecule has 1 aromatic rings. The minimum atomic E-state index is -3.30. The smallest absolute Gasteiger partial charge is 0.160 e. The molecule has 1 fully saturated rings. The van der Waals surface area contributed by atoms with E-state index >= 15 is 0 Å². The zero-order valence-electron chi connectivity index (χ0n) is 10.1. The lowest BCUT2D eigenvalue weighted by Gasteiger charge is -2.16. The van der Waals surface area contributed by atoms with Crippen LogP contribution in [-0.4, -0.2) is 26.4 Å². The second-order valence-electron chi connectivity index (χ2n) is 4.52. The number of nitrogens with two attached hydrogens (primary N) is 1. The predicted octanol–water partition coefficient (Wildman–Crippen LogP) is 2.01. The van der Waals surface area contributed by atoms with Gasteiger partial charge < -0.3 is 10.5 Å². The van der Waals surface area contributed by atoms with Crippen LogP contribution in [0, 0.1) is 0 Å². The summed E-state index contributed by atoms with van der Waals surface area (Å²) in [5.74, 6) is -0.128. The van der Waals surface area contributed by atoms with E-state index in [9.17, 15) is 8.42 Å². The van der Waals surface area contributed by atoms with Gasteiger partial charge in [-0.25, -0.2) is 8.42 Å². The minimum Gasteiger partial charge on any atom is -0.398 e. The molecule has 0 bridgehead atoms. The topological polar surface area (TPSA) is 69.4 Å². The van der Waals surface area contributed by atoms with Gasteiger partial charge in [0.2, 0.25) is 0 Å². The molecular formula is C12H16ClNO3S. The monoisotopic (exact) mass is 289 g/mol. The van der Waals surface area contributed by atoms with E-state index in [1.807, 2.05) is 0 Å². The number of rotatable bonds is 3. The van der Waals surface area contributed by atoms with E-state index < -0.39 is 15.1 Å². The molecule has 2 N–H and O–H groups in total. The van der Waals surface area contributed by atoms with E-state index in [0.717, 1.165) is 0 Å². The van der Waals surface area contributed by atoms with Crippen molar-refractivity contribution < 1.29 is 13.2 Å². The van der Waals surface area contributed by atoms with E-state index in [1.54, 1.807) is 25.1 Å². The Kier molecular flexibility index (Phi) is 3.84. The molecule has 18 heavy (non-hydrogen) atoms. The number of ether oxygens (including phenoxy) is 1. The Hall–Kier alpha value is -0.780. The van der Waals surface area contributed by atoms with Crippen LogP contribution in [0.1, 0.15) is 18.9 Å². The summed E-state index contributed by atoms with van der Waals surface area (Å²) in [7, 11) is -3.30. The van der Waals surface area contributed by atoms with Crippen LogP contribution in [0.25, 0.3) is 0 Å². The van der Waals surface area contributed by atoms with Gasteiger partial charge in [0.25, 0.3) is 0 Å². The third kappa shape index (κ3) is 2.63. The van der Waals surface area contributed by atoms with Crippen molar-refractivity contribution in [2.24, 2.45) is 0 Å². The zero-order chi connectivity index (χ0) is 13.3. The highest BCUT2D eigenvalue weighted by molar-refractivity contribution is 7.91. The number of anilines is 1. The van der Waals surface area contributed by atoms with Gasteiger partial charge in [-0.1, -0.05) is 17.7 Å². The summed E-state index contributed by atoms with van der Waals surface area (Å²) in [5.41, 5.74) is 6.68. The number of hydrogen-bond donors (Lipinski definition) is 1. The second kappa shape index (κ2) is 5.07. The summed E-state index contributed by atoms with van der Waals surface area (Å²) >= 11 is 6.00. The maximum absolute atomic E-state index is 12.3. The van der Waals surface area contributed by atoms with Gasteiger partial charge in [0.1, 0.15) is 0 Å². The quantitative estimate of drug-likeness (QED) is 0.864. The molecule has 0 spiro atoms. The van der Waals surface area contributed by atoms with Gasteiger partial charge in [0.15, 0.2) is 9.84 Å². The lowest BCUT2D eigenvalue weighted by molar-refractivity contribution is 0.126. The zero-order valence-corrected chi connectivity index (χ0v) is 11.7. The molecule has 2 unspecified atom stereocenters. The maximum Gasteiger partial charge on any atom is 0.160 e. The summed E-state index contributed by atoms with van der Waals surface area (Å²) in [5, 5.41) is -0.0710. The highest BCUT2D eigenvalue weighted by Gasteiger charge is 2.36. The van der Waals surface area contributed by atoms with Crippen molar-refractivity contribution in [1.29, 1.82) is 0 Å². The van der Waals surface area contributed by atoms with Gasteiger partial charge in [0, 0.05) is 22.9 Å². The van der Waals surface area contributed by atoms with Crippen LogP contribution >= 0.6 is 11.6 Å². The molecule has 0 saturated carbocycles. The highest BCUT2D eigenvalue weighted by atomic mass is 35.5. The van der Waals surface area contributed by atoms with Crippen molar-refractivity contribution in [2.75, 3.05) is 12.3 Å². The number of sulfone groups is 1. The first kappa shape index (κ1) is 13.6. The van der Waals surface area contributed by atoms with Crippen molar-refractivity contribution in [3.63, 3.8) is 0 Å². The van der Waals surface area contributed by atoms with Crippen LogP contribution in [0.3, 0.4) is 0 Å². The van der Waals surface area contributed by atoms with Crippen molar-refractivity contribution >= 4 is 27.1 Å². The molecule has 1 heterocycles. The molecule has 1 aliphatic heterocycles. The molecule has 1 aromatic carbocycles. The van der Waals surface area contributed by atoms with E-state index in [-0.39, 0.29) is 11.9 Å². The van der Waals surface area contributed by atoms with Gasteiger partial charge in [-0.05, 0) is 25.5 Å². The van der Waals surface area contributed by atoms with E-state index in [0.29, 0.717) is 29.3 Å². The first-order valence-corrected chi connectivity index (χ1v) is 7.87. The Morgan fingerprint density at radius 2 is 2.22 bits per heavy atom. The van der Waals surface area contributed by atoms with Crippen LogP contribution in [-0.2, 0) is 20.3 Å². The molecule has 0 aliphatic carbocycles. The molecule has 6 heteroatoms. The SMILES string of the molecule is CC1OCCC1S(=O)(=O)Cc1c(N)cccc1Cl. The van der Waals surface area contributed by atoms with Gasteiger partial charge in [-0.15, -0.1) is 0 Å². The lowest BCUT2D eigenvalue weighted by atomic mass is 10.2. The Labute approximate surface area is 112 Å². The standard InChI is InChI=1S/C12H16ClNO3S/c1-8-12(5-6-17-8)18(15,16)7-9-10(13)3-2-4-11(9)14/h2-4,8,12H,5-7,14H2,1H3. The fourth-order valence-electron chi connectivity index (χ4n) is 2.22. The van der Waals surface area contributed by atoms with Gasteiger partial charge in [-0.2, -0.15) is 0 Å². The summed E-state index contributed by atoms with van der Waals surface area (Å²) in [4.78, 5) is 0. The maximum atomic E-state index is 12.3. The highest BCUT2D eigenvalue weighted by Crippen LogP contribution is 2.29. The minimum absolute atomic E-state index is 0.128. The first-order chi connectivity index (χ1) is 8.42. The second-order valence-corrected chi connectivity index (χ2v) is 7.14. The Morgan fingerprint density at radius 3 is 2.78 bits per heavy atom. The number of benzene rings is 1. The third-order valence-electron chi connectivity index (χ3n) is 3.27. The Morgan fingerprint density at radius 1 is 1.50 bits per heavy atom. The number of halogens is 1. The predicted molar refractivity (Wildman–Crippen MR) is 72.3 cm³/mol. The summed E-state index contributed by atoms with van der Waals surface area (Å²) in [6.45, 7) is 2.27. The molecule has 0 aromatic heterocycles. The average molecular weight is 290 g/mol. The molecule has 2 rings (SSSR count). The molecule has 4 nitrogen and oxygen atoms in total. The first-order valence-electron chi connectivity index (χ1n) is 5.78. The number of hydrogen-bond acceptors (Lipinski definition) is 4. The summed E-state index contributed by atoms with van der Waals surface area (Å²) in [6.07, 6.45) is 0.270. The van der Waals surface area contributed by atoms with Crippen molar-refractivity contribution in [1.82, 2.24) is 0 Å². The molecule has 2 atom stereocenters. The van der Waals surface area contributed by atoms with Crippen molar-refractivity contribution in [3.05, 3.63) is 28.8 Å². The largest absolute Gasteiger partial charge is 0.398 e. The fourth-order valence-corrected chi connectivity index (χ4v) is 4.60. The van der Waals surface area contributed by atoms with Crippen LogP contribution < -0.4 is 5.73 Å². The normalized spacial score (nSPS) is 24.3. The van der Waals surface area contributed by atoms with E-state index in [1.165, 1.54) is 0 Å².